The van der Waals surface area contributed by atoms with Gasteiger partial charge in [-0.2, -0.15) is 0 Å². The van der Waals surface area contributed by atoms with Crippen molar-refractivity contribution >= 4 is 34.9 Å². The van der Waals surface area contributed by atoms with Crippen molar-refractivity contribution in [3.8, 4) is 0 Å². The summed E-state index contributed by atoms with van der Waals surface area (Å²) in [4.78, 5) is 41.5. The highest BCUT2D eigenvalue weighted by molar-refractivity contribution is 6.24. The van der Waals surface area contributed by atoms with E-state index in [0.717, 1.165) is 16.7 Å². The minimum Gasteiger partial charge on any atom is -0.469 e. The van der Waals surface area contributed by atoms with Gasteiger partial charge in [0.2, 0.25) is 5.91 Å². The Kier molecular flexibility index (Phi) is 9.29. The smallest absolute Gasteiger partial charge is 0.320 e. The Hall–Kier alpha value is -4.37. The molecule has 0 aliphatic carbocycles. The summed E-state index contributed by atoms with van der Waals surface area (Å²) in [5.41, 5.74) is 4.30. The molecule has 2 N–H and O–H groups in total. The number of carbonyl (C=O) groups excluding carboxylic acids is 3. The highest BCUT2D eigenvalue weighted by atomic mass is 19.1. The molecule has 1 amide bonds. The quantitative estimate of drug-likeness (QED) is 0.261. The van der Waals surface area contributed by atoms with Crippen LogP contribution in [0.3, 0.4) is 0 Å². The van der Waals surface area contributed by atoms with Gasteiger partial charge in [-0.1, -0.05) is 42.5 Å². The molecule has 0 radical (unpaired) electrons. The van der Waals surface area contributed by atoms with E-state index in [0.29, 0.717) is 35.6 Å². The minimum atomic E-state index is -0.735. The molecular weight excluding hydrogens is 525 g/mol. The van der Waals surface area contributed by atoms with Crippen molar-refractivity contribution in [1.29, 1.82) is 0 Å². The topological polar surface area (TPSA) is 106 Å². The molecule has 214 valence electrons. The van der Waals surface area contributed by atoms with Crippen LogP contribution < -0.4 is 10.6 Å². The van der Waals surface area contributed by atoms with Crippen molar-refractivity contribution in [3.63, 3.8) is 0 Å². The van der Waals surface area contributed by atoms with Crippen LogP contribution in [-0.2, 0) is 36.8 Å². The predicted octanol–water partition coefficient (Wildman–Crippen LogP) is 5.22. The van der Waals surface area contributed by atoms with Crippen LogP contribution in [0.2, 0.25) is 0 Å². The number of nitrogens with zero attached hydrogens (tertiary/aromatic N) is 1. The van der Waals surface area contributed by atoms with Crippen molar-refractivity contribution < 1.29 is 28.2 Å². The second-order valence-corrected chi connectivity index (χ2v) is 10.8. The molecule has 0 fully saturated rings. The van der Waals surface area contributed by atoms with Crippen LogP contribution in [0, 0.1) is 5.82 Å². The van der Waals surface area contributed by atoms with Crippen molar-refractivity contribution in [1.82, 2.24) is 5.32 Å². The Morgan fingerprint density at radius 1 is 0.976 bits per heavy atom. The van der Waals surface area contributed by atoms with Crippen molar-refractivity contribution in [2.24, 2.45) is 4.99 Å². The second-order valence-electron chi connectivity index (χ2n) is 10.8. The van der Waals surface area contributed by atoms with Crippen LogP contribution in [0.5, 0.6) is 0 Å². The summed E-state index contributed by atoms with van der Waals surface area (Å²) in [7, 11) is 1.36. The van der Waals surface area contributed by atoms with Gasteiger partial charge in [-0.15, -0.1) is 0 Å². The second kappa shape index (κ2) is 12.9. The van der Waals surface area contributed by atoms with E-state index in [4.69, 9.17) is 14.5 Å². The average molecular weight is 560 g/mol. The summed E-state index contributed by atoms with van der Waals surface area (Å²) >= 11 is 0. The van der Waals surface area contributed by atoms with E-state index in [1.54, 1.807) is 6.07 Å². The molecule has 0 aromatic heterocycles. The number of esters is 2. The van der Waals surface area contributed by atoms with E-state index in [1.165, 1.54) is 19.2 Å². The molecule has 0 bridgehead atoms. The molecule has 8 nitrogen and oxygen atoms in total. The maximum Gasteiger partial charge on any atom is 0.320 e. The fraction of sp³-hybridized carbons (Fsp3) is 0.312. The van der Waals surface area contributed by atoms with E-state index in [-0.39, 0.29) is 30.8 Å². The molecule has 1 aliphatic rings. The Labute approximate surface area is 239 Å². The zero-order chi connectivity index (χ0) is 29.6. The number of amides is 1. The minimum absolute atomic E-state index is 0.0910. The highest BCUT2D eigenvalue weighted by Gasteiger charge is 2.35. The van der Waals surface area contributed by atoms with E-state index in [2.05, 4.69) is 10.6 Å². The van der Waals surface area contributed by atoms with Gasteiger partial charge in [0.05, 0.1) is 25.1 Å². The fourth-order valence-electron chi connectivity index (χ4n) is 4.51. The Bertz CT molecular complexity index is 1440. The van der Waals surface area contributed by atoms with Crippen LogP contribution >= 0.6 is 0 Å². The van der Waals surface area contributed by atoms with Crippen LogP contribution in [0.1, 0.15) is 55.4 Å². The third-order valence-electron chi connectivity index (χ3n) is 6.42. The fourth-order valence-corrected chi connectivity index (χ4v) is 4.51. The van der Waals surface area contributed by atoms with E-state index in [1.807, 2.05) is 69.3 Å². The number of ether oxygens (including phenoxy) is 2. The zero-order valence-electron chi connectivity index (χ0n) is 23.6. The molecule has 9 heteroatoms. The first-order valence-corrected chi connectivity index (χ1v) is 13.4. The summed E-state index contributed by atoms with van der Waals surface area (Å²) in [5.74, 6) is -2.07. The number of methoxy groups -OCH3 is 1. The average Bonchev–Trinajstić information content (AvgIpc) is 3.24. The molecule has 1 unspecified atom stereocenters. The lowest BCUT2D eigenvalue weighted by atomic mass is 9.90. The lowest BCUT2D eigenvalue weighted by molar-refractivity contribution is -0.153. The molecule has 4 rings (SSSR count). The summed E-state index contributed by atoms with van der Waals surface area (Å²) in [6.07, 6.45) is 0.786. The molecule has 0 spiro atoms. The first-order valence-electron chi connectivity index (χ1n) is 13.4. The lowest BCUT2D eigenvalue weighted by Crippen LogP contribution is -2.31. The molecule has 1 heterocycles. The van der Waals surface area contributed by atoms with Crippen molar-refractivity contribution in [2.45, 2.75) is 51.7 Å². The predicted molar refractivity (Wildman–Crippen MR) is 155 cm³/mol. The molecule has 41 heavy (non-hydrogen) atoms. The Morgan fingerprint density at radius 3 is 2.32 bits per heavy atom. The number of rotatable bonds is 10. The molecule has 1 atom stereocenters. The molecule has 3 aromatic carbocycles. The third-order valence-corrected chi connectivity index (χ3v) is 6.42. The van der Waals surface area contributed by atoms with Crippen molar-refractivity contribution in [3.05, 3.63) is 94.8 Å². The maximum absolute atomic E-state index is 13.9. The normalized spacial score (nSPS) is 14.8. The SMILES string of the molecule is COC(=O)CCc1ccc(C(=Nc2ccc(CNCC(=O)OC(C)(C)C)cc2)C2C(=O)Nc3cc(F)ccc32)cc1. The summed E-state index contributed by atoms with van der Waals surface area (Å²) in [5, 5.41) is 5.85. The number of hydrogen-bond donors (Lipinski definition) is 2. The van der Waals surface area contributed by atoms with E-state index < -0.39 is 17.3 Å². The number of hydrogen-bond acceptors (Lipinski definition) is 7. The van der Waals surface area contributed by atoms with Crippen LogP contribution in [0.15, 0.2) is 71.7 Å². The number of aryl methyl sites for hydroxylation is 1. The molecular formula is C32H34FN3O5. The van der Waals surface area contributed by atoms with Crippen molar-refractivity contribution in [2.75, 3.05) is 19.0 Å². The first-order chi connectivity index (χ1) is 19.5. The summed E-state index contributed by atoms with van der Waals surface area (Å²) in [6.45, 7) is 6.03. The number of halogens is 1. The van der Waals surface area contributed by atoms with E-state index >= 15 is 0 Å². The maximum atomic E-state index is 13.9. The monoisotopic (exact) mass is 559 g/mol. The van der Waals surface area contributed by atoms with Crippen LogP contribution in [0.25, 0.3) is 0 Å². The largest absolute Gasteiger partial charge is 0.469 e. The molecule has 3 aromatic rings. The van der Waals surface area contributed by atoms with Gasteiger partial charge in [0.1, 0.15) is 17.3 Å². The Balaban J connectivity index is 1.57. The standard InChI is InChI=1S/C32H34FN3O5/c1-32(2,3)41-28(38)19-34-18-21-7-13-24(14-8-21)35-30(22-10-5-20(6-11-22)9-16-27(37)40-4)29-25-15-12-23(33)17-26(25)36-31(29)39/h5-8,10-15,17,29,34H,9,16,18-19H2,1-4H3,(H,36,39). The molecule has 0 saturated heterocycles. The van der Waals surface area contributed by atoms with Gasteiger partial charge in [-0.3, -0.25) is 19.4 Å². The number of nitrogens with one attached hydrogen (secondary N) is 2. The van der Waals surface area contributed by atoms with Crippen LogP contribution in [0.4, 0.5) is 15.8 Å². The highest BCUT2D eigenvalue weighted by Crippen LogP contribution is 2.36. The number of carbonyl (C=O) groups is 3. The molecule has 0 saturated carbocycles. The number of fused-ring (bicyclic) bond motifs is 1. The lowest BCUT2D eigenvalue weighted by Gasteiger charge is -2.19. The first kappa shape index (κ1) is 29.6. The number of anilines is 1. The third kappa shape index (κ3) is 8.08. The summed E-state index contributed by atoms with van der Waals surface area (Å²) < 4.78 is 23.9. The number of aliphatic imine (C=N–C) groups is 1. The van der Waals surface area contributed by atoms with Gasteiger partial charge in [-0.25, -0.2) is 4.39 Å². The summed E-state index contributed by atoms with van der Waals surface area (Å²) in [6, 6.07) is 19.2. The van der Waals surface area contributed by atoms with Gasteiger partial charge in [-0.05, 0) is 73.7 Å². The van der Waals surface area contributed by atoms with Gasteiger partial charge >= 0.3 is 11.9 Å². The van der Waals surface area contributed by atoms with Gasteiger partial charge < -0.3 is 20.1 Å². The van der Waals surface area contributed by atoms with Crippen LogP contribution in [-0.4, -0.2) is 42.8 Å². The zero-order valence-corrected chi connectivity index (χ0v) is 23.6. The van der Waals surface area contributed by atoms with Gasteiger partial charge in [0.25, 0.3) is 0 Å². The van der Waals surface area contributed by atoms with Gasteiger partial charge in [0, 0.05) is 18.7 Å². The van der Waals surface area contributed by atoms with E-state index in [9.17, 15) is 18.8 Å². The molecule has 1 aliphatic heterocycles. The Morgan fingerprint density at radius 2 is 1.66 bits per heavy atom. The van der Waals surface area contributed by atoms with Gasteiger partial charge in [0.15, 0.2) is 0 Å². The number of benzene rings is 3.